The van der Waals surface area contributed by atoms with E-state index in [-0.39, 0.29) is 18.4 Å². The van der Waals surface area contributed by atoms with Crippen LogP contribution < -0.4 is 10.6 Å². The second-order valence-corrected chi connectivity index (χ2v) is 5.48. The lowest BCUT2D eigenvalue weighted by Crippen LogP contribution is -2.32. The van der Waals surface area contributed by atoms with Crippen LogP contribution >= 0.6 is 0 Å². The fourth-order valence-electron chi connectivity index (χ4n) is 2.48. The number of aromatic nitrogens is 1. The molecule has 120 valence electrons. The Balaban J connectivity index is 1.68. The Morgan fingerprint density at radius 1 is 1.04 bits per heavy atom. The fourth-order valence-corrected chi connectivity index (χ4v) is 2.48. The summed E-state index contributed by atoms with van der Waals surface area (Å²) in [7, 11) is 0. The van der Waals surface area contributed by atoms with Crippen molar-refractivity contribution in [3.63, 3.8) is 0 Å². The van der Waals surface area contributed by atoms with E-state index in [0.717, 1.165) is 16.5 Å². The summed E-state index contributed by atoms with van der Waals surface area (Å²) in [4.78, 5) is 28.4. The van der Waals surface area contributed by atoms with Crippen LogP contribution in [0.15, 0.2) is 60.8 Å². The number of rotatable bonds is 4. The molecule has 2 amide bonds. The van der Waals surface area contributed by atoms with E-state index in [1.54, 1.807) is 30.5 Å². The van der Waals surface area contributed by atoms with Crippen LogP contribution in [0.1, 0.15) is 15.9 Å². The van der Waals surface area contributed by atoms with Gasteiger partial charge in [0.15, 0.2) is 0 Å². The Kier molecular flexibility index (Phi) is 4.52. The van der Waals surface area contributed by atoms with E-state index in [1.807, 2.05) is 37.3 Å². The second-order valence-electron chi connectivity index (χ2n) is 5.48. The van der Waals surface area contributed by atoms with E-state index in [0.29, 0.717) is 11.3 Å². The van der Waals surface area contributed by atoms with Crippen LogP contribution in [-0.4, -0.2) is 23.3 Å². The number of carbonyl (C=O) groups is 2. The van der Waals surface area contributed by atoms with Crippen molar-refractivity contribution in [3.8, 4) is 0 Å². The molecule has 0 saturated carbocycles. The summed E-state index contributed by atoms with van der Waals surface area (Å²) < 4.78 is 0. The predicted molar refractivity (Wildman–Crippen MR) is 93.9 cm³/mol. The first-order valence-electron chi connectivity index (χ1n) is 7.62. The molecular weight excluding hydrogens is 302 g/mol. The molecule has 24 heavy (non-hydrogen) atoms. The van der Waals surface area contributed by atoms with Gasteiger partial charge in [0, 0.05) is 17.1 Å². The SMILES string of the molecule is Cc1cc(NC(=O)CNC(=O)c2ccccc2)c2ncccc2c1. The summed E-state index contributed by atoms with van der Waals surface area (Å²) in [6.07, 6.45) is 1.69. The van der Waals surface area contributed by atoms with E-state index in [4.69, 9.17) is 0 Å². The first-order valence-corrected chi connectivity index (χ1v) is 7.62. The Bertz CT molecular complexity index is 892. The largest absolute Gasteiger partial charge is 0.343 e. The topological polar surface area (TPSA) is 71.1 Å². The standard InChI is InChI=1S/C19H17N3O2/c1-13-10-15-8-5-9-20-18(15)16(11-13)22-17(23)12-21-19(24)14-6-3-2-4-7-14/h2-11H,12H2,1H3,(H,21,24)(H,22,23). The van der Waals surface area contributed by atoms with Gasteiger partial charge in [-0.05, 0) is 42.8 Å². The van der Waals surface area contributed by atoms with Crippen LogP contribution in [0.2, 0.25) is 0 Å². The Hall–Kier alpha value is -3.21. The smallest absolute Gasteiger partial charge is 0.251 e. The molecule has 0 saturated heterocycles. The molecule has 0 fully saturated rings. The van der Waals surface area contributed by atoms with E-state index in [1.165, 1.54) is 0 Å². The summed E-state index contributed by atoms with van der Waals surface area (Å²) in [5.41, 5.74) is 2.92. The highest BCUT2D eigenvalue weighted by molar-refractivity contribution is 6.03. The fraction of sp³-hybridized carbons (Fsp3) is 0.105. The molecule has 3 rings (SSSR count). The van der Waals surface area contributed by atoms with Crippen molar-refractivity contribution in [1.29, 1.82) is 0 Å². The highest BCUT2D eigenvalue weighted by Gasteiger charge is 2.10. The zero-order valence-electron chi connectivity index (χ0n) is 13.2. The number of amides is 2. The van der Waals surface area contributed by atoms with Crippen molar-refractivity contribution in [2.24, 2.45) is 0 Å². The first-order chi connectivity index (χ1) is 11.6. The van der Waals surface area contributed by atoms with Crippen LogP contribution in [0.5, 0.6) is 0 Å². The van der Waals surface area contributed by atoms with Gasteiger partial charge >= 0.3 is 0 Å². The van der Waals surface area contributed by atoms with Gasteiger partial charge in [-0.3, -0.25) is 14.6 Å². The maximum absolute atomic E-state index is 12.1. The zero-order chi connectivity index (χ0) is 16.9. The number of aryl methyl sites for hydroxylation is 1. The summed E-state index contributed by atoms with van der Waals surface area (Å²) >= 11 is 0. The summed E-state index contributed by atoms with van der Waals surface area (Å²) in [6, 6.07) is 16.5. The molecule has 0 bridgehead atoms. The first kappa shape index (κ1) is 15.7. The number of anilines is 1. The molecule has 0 spiro atoms. The molecule has 0 aliphatic rings. The molecule has 5 heteroatoms. The summed E-state index contributed by atoms with van der Waals surface area (Å²) in [5, 5.41) is 6.39. The van der Waals surface area contributed by atoms with Crippen molar-refractivity contribution in [3.05, 3.63) is 71.9 Å². The number of carbonyl (C=O) groups excluding carboxylic acids is 2. The van der Waals surface area contributed by atoms with Gasteiger partial charge < -0.3 is 10.6 Å². The Labute approximate surface area is 139 Å². The molecule has 2 N–H and O–H groups in total. The highest BCUT2D eigenvalue weighted by atomic mass is 16.2. The van der Waals surface area contributed by atoms with Gasteiger partial charge in [0.1, 0.15) is 0 Å². The minimum absolute atomic E-state index is 0.101. The van der Waals surface area contributed by atoms with E-state index in [2.05, 4.69) is 15.6 Å². The molecule has 0 unspecified atom stereocenters. The van der Waals surface area contributed by atoms with Crippen molar-refractivity contribution < 1.29 is 9.59 Å². The minimum Gasteiger partial charge on any atom is -0.343 e. The Morgan fingerprint density at radius 3 is 2.62 bits per heavy atom. The average Bonchev–Trinajstić information content (AvgIpc) is 2.60. The van der Waals surface area contributed by atoms with Crippen LogP contribution in [-0.2, 0) is 4.79 Å². The lowest BCUT2D eigenvalue weighted by Gasteiger charge is -2.10. The lowest BCUT2D eigenvalue weighted by molar-refractivity contribution is -0.115. The predicted octanol–water partition coefficient (Wildman–Crippen LogP) is 2.91. The molecule has 0 aliphatic heterocycles. The van der Waals surface area contributed by atoms with Crippen LogP contribution in [0.3, 0.4) is 0 Å². The third-order valence-corrected chi connectivity index (χ3v) is 3.57. The van der Waals surface area contributed by atoms with Crippen LogP contribution in [0.25, 0.3) is 10.9 Å². The van der Waals surface area contributed by atoms with Gasteiger partial charge in [0.2, 0.25) is 5.91 Å². The van der Waals surface area contributed by atoms with Crippen molar-refractivity contribution in [1.82, 2.24) is 10.3 Å². The number of hydrogen-bond donors (Lipinski definition) is 2. The van der Waals surface area contributed by atoms with Crippen LogP contribution in [0, 0.1) is 6.92 Å². The maximum atomic E-state index is 12.1. The van der Waals surface area contributed by atoms with Gasteiger partial charge in [-0.25, -0.2) is 0 Å². The van der Waals surface area contributed by atoms with Gasteiger partial charge in [0.05, 0.1) is 17.7 Å². The second kappa shape index (κ2) is 6.91. The molecule has 1 heterocycles. The number of benzene rings is 2. The Morgan fingerprint density at radius 2 is 1.83 bits per heavy atom. The molecule has 5 nitrogen and oxygen atoms in total. The molecule has 2 aromatic carbocycles. The molecule has 0 radical (unpaired) electrons. The summed E-state index contributed by atoms with van der Waals surface area (Å²) in [5.74, 6) is -0.574. The van der Waals surface area contributed by atoms with E-state index in [9.17, 15) is 9.59 Å². The maximum Gasteiger partial charge on any atom is 0.251 e. The number of nitrogens with zero attached hydrogens (tertiary/aromatic N) is 1. The van der Waals surface area contributed by atoms with E-state index >= 15 is 0 Å². The minimum atomic E-state index is -0.295. The average molecular weight is 319 g/mol. The highest BCUT2D eigenvalue weighted by Crippen LogP contribution is 2.23. The lowest BCUT2D eigenvalue weighted by atomic mass is 10.1. The third-order valence-electron chi connectivity index (χ3n) is 3.57. The van der Waals surface area contributed by atoms with Gasteiger partial charge in [0.25, 0.3) is 5.91 Å². The molecule has 1 aromatic heterocycles. The normalized spacial score (nSPS) is 10.4. The number of fused-ring (bicyclic) bond motifs is 1. The monoisotopic (exact) mass is 319 g/mol. The zero-order valence-corrected chi connectivity index (χ0v) is 13.2. The number of hydrogen-bond acceptors (Lipinski definition) is 3. The third kappa shape index (κ3) is 3.57. The molecule has 3 aromatic rings. The van der Waals surface area contributed by atoms with Gasteiger partial charge in [-0.15, -0.1) is 0 Å². The van der Waals surface area contributed by atoms with Crippen molar-refractivity contribution >= 4 is 28.4 Å². The van der Waals surface area contributed by atoms with Crippen LogP contribution in [0.4, 0.5) is 5.69 Å². The summed E-state index contributed by atoms with van der Waals surface area (Å²) in [6.45, 7) is 1.86. The number of pyridine rings is 1. The van der Waals surface area contributed by atoms with E-state index < -0.39 is 0 Å². The molecular formula is C19H17N3O2. The molecule has 0 atom stereocenters. The molecule has 0 aliphatic carbocycles. The van der Waals surface area contributed by atoms with Crippen molar-refractivity contribution in [2.75, 3.05) is 11.9 Å². The van der Waals surface area contributed by atoms with Gasteiger partial charge in [-0.2, -0.15) is 0 Å². The number of nitrogens with one attached hydrogen (secondary N) is 2. The van der Waals surface area contributed by atoms with Gasteiger partial charge in [-0.1, -0.05) is 24.3 Å². The quantitative estimate of drug-likeness (QED) is 0.777. The van der Waals surface area contributed by atoms with Crippen molar-refractivity contribution in [2.45, 2.75) is 6.92 Å².